The number of aromatic nitrogens is 2. The number of nitrogens with zero attached hydrogens (tertiary/aromatic N) is 3. The smallest absolute Gasteiger partial charge is 0.229 e. The molecule has 2 aromatic heterocycles. The van der Waals surface area contributed by atoms with E-state index in [2.05, 4.69) is 33.2 Å². The molecule has 140 valence electrons. The van der Waals surface area contributed by atoms with Crippen molar-refractivity contribution in [1.82, 2.24) is 9.97 Å². The first-order valence-corrected chi connectivity index (χ1v) is 10.3. The van der Waals surface area contributed by atoms with Gasteiger partial charge in [-0.25, -0.2) is 9.97 Å². The van der Waals surface area contributed by atoms with E-state index in [1.54, 1.807) is 17.7 Å². The van der Waals surface area contributed by atoms with Crippen LogP contribution in [0.5, 0.6) is 0 Å². The van der Waals surface area contributed by atoms with Crippen LogP contribution in [0.15, 0.2) is 36.7 Å². The van der Waals surface area contributed by atoms with Crippen LogP contribution in [0.3, 0.4) is 0 Å². The van der Waals surface area contributed by atoms with Crippen LogP contribution in [0.4, 0.5) is 11.5 Å². The van der Waals surface area contributed by atoms with Gasteiger partial charge in [-0.15, -0.1) is 11.3 Å². The maximum atomic E-state index is 12.8. The number of rotatable bonds is 4. The van der Waals surface area contributed by atoms with E-state index in [4.69, 9.17) is 0 Å². The zero-order valence-electron chi connectivity index (χ0n) is 15.7. The third-order valence-electron chi connectivity index (χ3n) is 5.12. The van der Waals surface area contributed by atoms with Crippen molar-refractivity contribution in [3.8, 4) is 0 Å². The normalized spacial score (nSPS) is 17.3. The molecule has 0 spiro atoms. The van der Waals surface area contributed by atoms with Gasteiger partial charge in [0.15, 0.2) is 0 Å². The van der Waals surface area contributed by atoms with E-state index in [1.165, 1.54) is 10.4 Å². The number of fused-ring (bicyclic) bond motifs is 1. The highest BCUT2D eigenvalue weighted by Gasteiger charge is 2.27. The minimum absolute atomic E-state index is 0.0330. The zero-order chi connectivity index (χ0) is 18.8. The summed E-state index contributed by atoms with van der Waals surface area (Å²) in [7, 11) is 0. The lowest BCUT2D eigenvalue weighted by Crippen LogP contribution is -2.41. The van der Waals surface area contributed by atoms with Gasteiger partial charge in [-0.3, -0.25) is 4.79 Å². The number of carbonyl (C=O) groups excluding carboxylic acids is 1. The molecule has 27 heavy (non-hydrogen) atoms. The van der Waals surface area contributed by atoms with Crippen LogP contribution in [0.2, 0.25) is 0 Å². The maximum absolute atomic E-state index is 12.8. The molecule has 1 atom stereocenters. The van der Waals surface area contributed by atoms with Gasteiger partial charge >= 0.3 is 0 Å². The van der Waals surface area contributed by atoms with Crippen LogP contribution < -0.4 is 10.2 Å². The fourth-order valence-electron chi connectivity index (χ4n) is 3.58. The van der Waals surface area contributed by atoms with Crippen molar-refractivity contribution in [3.63, 3.8) is 0 Å². The fourth-order valence-corrected chi connectivity index (χ4v) is 4.51. The van der Waals surface area contributed by atoms with Crippen molar-refractivity contribution in [1.29, 1.82) is 0 Å². The largest absolute Gasteiger partial charge is 0.355 e. The molecule has 1 aromatic carbocycles. The molecule has 6 heteroatoms. The van der Waals surface area contributed by atoms with Crippen molar-refractivity contribution < 1.29 is 4.79 Å². The second kappa shape index (κ2) is 7.64. The third kappa shape index (κ3) is 3.81. The van der Waals surface area contributed by atoms with Gasteiger partial charge in [0.05, 0.1) is 11.3 Å². The number of anilines is 2. The van der Waals surface area contributed by atoms with Gasteiger partial charge in [0, 0.05) is 23.7 Å². The average Bonchev–Trinajstić information content (AvgIpc) is 3.13. The van der Waals surface area contributed by atoms with Crippen LogP contribution in [-0.2, 0) is 11.2 Å². The Bertz CT molecular complexity index is 950. The fraction of sp³-hybridized carbons (Fsp3) is 0.381. The summed E-state index contributed by atoms with van der Waals surface area (Å²) in [4.78, 5) is 26.4. The Kier molecular flexibility index (Phi) is 5.07. The van der Waals surface area contributed by atoms with Gasteiger partial charge in [0.25, 0.3) is 0 Å². The number of carbonyl (C=O) groups is 1. The molecular formula is C21H24N4OS. The number of thiophene rings is 1. The number of hydrogen-bond acceptors (Lipinski definition) is 5. The van der Waals surface area contributed by atoms with Gasteiger partial charge in [-0.1, -0.05) is 24.6 Å². The molecule has 1 aliphatic heterocycles. The second-order valence-corrected chi connectivity index (χ2v) is 8.24. The molecule has 0 aliphatic carbocycles. The predicted molar refractivity (Wildman–Crippen MR) is 112 cm³/mol. The van der Waals surface area contributed by atoms with Gasteiger partial charge in [-0.05, 0) is 44.4 Å². The molecule has 1 amide bonds. The number of hydrogen-bond donors (Lipinski definition) is 1. The molecule has 1 unspecified atom stereocenters. The van der Waals surface area contributed by atoms with Gasteiger partial charge in [0.1, 0.15) is 17.0 Å². The van der Waals surface area contributed by atoms with Crippen LogP contribution in [0.25, 0.3) is 10.2 Å². The van der Waals surface area contributed by atoms with Crippen LogP contribution in [0.1, 0.15) is 30.2 Å². The zero-order valence-corrected chi connectivity index (χ0v) is 16.6. The quantitative estimate of drug-likeness (QED) is 0.728. The van der Waals surface area contributed by atoms with E-state index >= 15 is 0 Å². The van der Waals surface area contributed by atoms with E-state index in [1.807, 2.05) is 31.2 Å². The highest BCUT2D eigenvalue weighted by Crippen LogP contribution is 2.32. The summed E-state index contributed by atoms with van der Waals surface area (Å²) in [6.07, 6.45) is 4.54. The average molecular weight is 381 g/mol. The summed E-state index contributed by atoms with van der Waals surface area (Å²) < 4.78 is 0. The summed E-state index contributed by atoms with van der Waals surface area (Å²) >= 11 is 1.73. The number of benzene rings is 1. The molecule has 3 aromatic rings. The van der Waals surface area contributed by atoms with E-state index in [9.17, 15) is 4.79 Å². The van der Waals surface area contributed by atoms with Gasteiger partial charge in [0.2, 0.25) is 5.91 Å². The highest BCUT2D eigenvalue weighted by atomic mass is 32.1. The topological polar surface area (TPSA) is 58.1 Å². The maximum Gasteiger partial charge on any atom is 0.229 e. The first-order chi connectivity index (χ1) is 13.1. The Balaban J connectivity index is 1.52. The lowest BCUT2D eigenvalue weighted by Gasteiger charge is -2.33. The molecule has 3 heterocycles. The molecule has 1 N–H and O–H groups in total. The Hall–Kier alpha value is -2.47. The molecule has 0 radical (unpaired) electrons. The number of aryl methyl sites for hydroxylation is 2. The van der Waals surface area contributed by atoms with E-state index in [0.717, 1.165) is 47.5 Å². The van der Waals surface area contributed by atoms with E-state index in [-0.39, 0.29) is 11.8 Å². The predicted octanol–water partition coefficient (Wildman–Crippen LogP) is 4.42. The summed E-state index contributed by atoms with van der Waals surface area (Å²) in [6, 6.07) is 10.1. The molecule has 1 aliphatic rings. The summed E-state index contributed by atoms with van der Waals surface area (Å²) in [5.41, 5.74) is 2.05. The Morgan fingerprint density at radius 3 is 2.89 bits per heavy atom. The Morgan fingerprint density at radius 1 is 1.30 bits per heavy atom. The second-order valence-electron chi connectivity index (χ2n) is 7.12. The lowest BCUT2D eigenvalue weighted by atomic mass is 9.96. The van der Waals surface area contributed by atoms with Crippen molar-refractivity contribution in [2.75, 3.05) is 23.3 Å². The minimum atomic E-state index is -0.0330. The van der Waals surface area contributed by atoms with Crippen LogP contribution in [-0.4, -0.2) is 29.0 Å². The summed E-state index contributed by atoms with van der Waals surface area (Å²) in [5, 5.41) is 4.18. The first kappa shape index (κ1) is 17.9. The Morgan fingerprint density at radius 2 is 2.11 bits per heavy atom. The third-order valence-corrected chi connectivity index (χ3v) is 6.31. The monoisotopic (exact) mass is 380 g/mol. The van der Waals surface area contributed by atoms with Gasteiger partial charge < -0.3 is 10.2 Å². The molecular weight excluding hydrogens is 356 g/mol. The molecule has 0 saturated carbocycles. The number of nitrogens with one attached hydrogen (secondary N) is 1. The van der Waals surface area contributed by atoms with E-state index in [0.29, 0.717) is 6.54 Å². The van der Waals surface area contributed by atoms with Crippen molar-refractivity contribution in [3.05, 3.63) is 47.1 Å². The molecule has 5 nitrogen and oxygen atoms in total. The lowest BCUT2D eigenvalue weighted by molar-refractivity contribution is -0.120. The SMILES string of the molecule is CCc1cc2c(N3CCCC(C(=O)Nc4ccc(C)cc4)C3)ncnc2s1. The minimum Gasteiger partial charge on any atom is -0.355 e. The molecule has 0 bridgehead atoms. The summed E-state index contributed by atoms with van der Waals surface area (Å²) in [6.45, 7) is 5.82. The van der Waals surface area contributed by atoms with Gasteiger partial charge in [-0.2, -0.15) is 0 Å². The number of amides is 1. The van der Waals surface area contributed by atoms with Crippen molar-refractivity contribution in [2.45, 2.75) is 33.1 Å². The van der Waals surface area contributed by atoms with Crippen molar-refractivity contribution in [2.24, 2.45) is 5.92 Å². The number of piperidine rings is 1. The Labute approximate surface area is 163 Å². The van der Waals surface area contributed by atoms with Crippen LogP contribution in [0, 0.1) is 12.8 Å². The van der Waals surface area contributed by atoms with E-state index < -0.39 is 0 Å². The standard InChI is InChI=1S/C21H24N4OS/c1-3-17-11-18-19(22-13-23-21(18)27-17)25-10-4-5-15(12-25)20(26)24-16-8-6-14(2)7-9-16/h6-9,11,13,15H,3-5,10,12H2,1-2H3,(H,24,26). The molecule has 1 saturated heterocycles. The molecule has 4 rings (SSSR count). The summed E-state index contributed by atoms with van der Waals surface area (Å²) in [5.74, 6) is 1.02. The van der Waals surface area contributed by atoms with Crippen molar-refractivity contribution >= 4 is 39.0 Å². The first-order valence-electron chi connectivity index (χ1n) is 9.50. The molecule has 1 fully saturated rings. The highest BCUT2D eigenvalue weighted by molar-refractivity contribution is 7.18. The van der Waals surface area contributed by atoms with Crippen LogP contribution >= 0.6 is 11.3 Å².